The lowest BCUT2D eigenvalue weighted by Gasteiger charge is -2.18. The van der Waals surface area contributed by atoms with Crippen molar-refractivity contribution in [3.63, 3.8) is 0 Å². The van der Waals surface area contributed by atoms with Crippen LogP contribution in [0.25, 0.3) is 22.2 Å². The largest absolute Gasteiger partial charge is 0.420 e. The molecule has 11 heteroatoms. The maximum absolute atomic E-state index is 14.2. The van der Waals surface area contributed by atoms with E-state index in [1.807, 2.05) is 13.8 Å². The first-order chi connectivity index (χ1) is 21.5. The molecule has 2 aromatic heterocycles. The Morgan fingerprint density at radius 2 is 1.80 bits per heavy atom. The highest BCUT2D eigenvalue weighted by molar-refractivity contribution is 6.12. The molecule has 3 N–H and O–H groups in total. The molecule has 45 heavy (non-hydrogen) atoms. The second kappa shape index (κ2) is 11.5. The van der Waals surface area contributed by atoms with Crippen molar-refractivity contribution in [1.82, 2.24) is 14.9 Å². The van der Waals surface area contributed by atoms with Crippen molar-refractivity contribution in [2.24, 2.45) is 11.7 Å². The summed E-state index contributed by atoms with van der Waals surface area (Å²) in [5.74, 6) is -2.87. The Bertz CT molecular complexity index is 2110. The summed E-state index contributed by atoms with van der Waals surface area (Å²) in [6.07, 6.45) is 0.750. The molecule has 3 heterocycles. The number of nitrogens with two attached hydrogens (primary N) is 1. The SMILES string of the molecule is CC(C)Cc1nc2c(c(-c3ccc4c(c3)oc(=O)n4Cc3ccc(C#N)c(F)c3)c1C(N)=O)C(=O)NC2Cc1ccc(F)cc1. The number of halogens is 2. The van der Waals surface area contributed by atoms with Gasteiger partial charge in [-0.2, -0.15) is 5.26 Å². The number of aromatic nitrogens is 2. The molecule has 2 amide bonds. The maximum Gasteiger partial charge on any atom is 0.420 e. The first-order valence-electron chi connectivity index (χ1n) is 14.3. The molecule has 0 bridgehead atoms. The van der Waals surface area contributed by atoms with Gasteiger partial charge in [0.2, 0.25) is 0 Å². The van der Waals surface area contributed by atoms with Gasteiger partial charge in [-0.25, -0.2) is 13.6 Å². The van der Waals surface area contributed by atoms with Crippen molar-refractivity contribution in [2.45, 2.75) is 39.3 Å². The first-order valence-corrected chi connectivity index (χ1v) is 14.3. The molecule has 0 fully saturated rings. The zero-order valence-electron chi connectivity index (χ0n) is 24.4. The highest BCUT2D eigenvalue weighted by atomic mass is 19.1. The number of nitriles is 1. The lowest BCUT2D eigenvalue weighted by Crippen LogP contribution is -2.21. The minimum Gasteiger partial charge on any atom is -0.408 e. The van der Waals surface area contributed by atoms with Crippen molar-refractivity contribution >= 4 is 22.9 Å². The second-order valence-corrected chi connectivity index (χ2v) is 11.5. The predicted molar refractivity (Wildman–Crippen MR) is 161 cm³/mol. The van der Waals surface area contributed by atoms with Crippen molar-refractivity contribution in [3.05, 3.63) is 122 Å². The Labute approximate surface area is 255 Å². The van der Waals surface area contributed by atoms with E-state index in [1.165, 1.54) is 28.8 Å². The third-order valence-electron chi connectivity index (χ3n) is 7.82. The molecule has 0 saturated carbocycles. The number of carbonyl (C=O) groups excluding carboxylic acids is 2. The van der Waals surface area contributed by atoms with E-state index in [2.05, 4.69) is 5.32 Å². The van der Waals surface area contributed by atoms with Crippen LogP contribution in [0.5, 0.6) is 0 Å². The van der Waals surface area contributed by atoms with Crippen LogP contribution >= 0.6 is 0 Å². The number of carbonyl (C=O) groups is 2. The molecule has 6 rings (SSSR count). The lowest BCUT2D eigenvalue weighted by molar-refractivity contribution is 0.0956. The molecule has 0 spiro atoms. The molecule has 0 saturated heterocycles. The number of fused-ring (bicyclic) bond motifs is 2. The standard InChI is InChI=1S/C34H27F2N5O4/c1-17(2)11-24-29(32(38)42)28(30-31(39-24)25(40-33(30)43)13-18-4-8-22(35)9-5-18)20-7-10-26-27(14-20)45-34(44)41(26)16-19-3-6-21(15-37)23(36)12-19/h3-10,12,14,17,25H,11,13,16H2,1-2H3,(H2,38,42)(H,40,43). The van der Waals surface area contributed by atoms with Gasteiger partial charge < -0.3 is 15.5 Å². The normalized spacial score (nSPS) is 14.0. The molecular weight excluding hydrogens is 580 g/mol. The summed E-state index contributed by atoms with van der Waals surface area (Å²) in [4.78, 5) is 44.2. The Balaban J connectivity index is 1.49. The van der Waals surface area contributed by atoms with Gasteiger partial charge >= 0.3 is 5.76 Å². The van der Waals surface area contributed by atoms with Crippen LogP contribution in [0.4, 0.5) is 8.78 Å². The molecule has 1 atom stereocenters. The van der Waals surface area contributed by atoms with E-state index in [1.54, 1.807) is 42.5 Å². The topological polar surface area (TPSA) is 144 Å². The van der Waals surface area contributed by atoms with Crippen LogP contribution in [-0.2, 0) is 19.4 Å². The molecule has 1 unspecified atom stereocenters. The second-order valence-electron chi connectivity index (χ2n) is 11.5. The van der Waals surface area contributed by atoms with Crippen LogP contribution in [0.2, 0.25) is 0 Å². The first kappa shape index (κ1) is 29.4. The monoisotopic (exact) mass is 607 g/mol. The van der Waals surface area contributed by atoms with Gasteiger partial charge in [0.25, 0.3) is 11.8 Å². The van der Waals surface area contributed by atoms with Gasteiger partial charge in [0, 0.05) is 5.56 Å². The number of nitrogens with one attached hydrogen (secondary N) is 1. The fourth-order valence-electron chi connectivity index (χ4n) is 5.83. The zero-order chi connectivity index (χ0) is 32.0. The smallest absolute Gasteiger partial charge is 0.408 e. The van der Waals surface area contributed by atoms with Gasteiger partial charge in [-0.15, -0.1) is 0 Å². The molecule has 0 aliphatic carbocycles. The molecular formula is C34H27F2N5O4. The summed E-state index contributed by atoms with van der Waals surface area (Å²) in [5.41, 5.74) is 9.53. The van der Waals surface area contributed by atoms with E-state index in [-0.39, 0.29) is 46.1 Å². The average molecular weight is 608 g/mol. The van der Waals surface area contributed by atoms with Gasteiger partial charge in [-0.3, -0.25) is 19.1 Å². The van der Waals surface area contributed by atoms with Crippen LogP contribution in [0.1, 0.15) is 68.7 Å². The Hall–Kier alpha value is -5.63. The van der Waals surface area contributed by atoms with Gasteiger partial charge in [0.05, 0.1) is 46.2 Å². The van der Waals surface area contributed by atoms with Gasteiger partial charge in [-0.1, -0.05) is 38.1 Å². The minimum atomic E-state index is -0.757. The van der Waals surface area contributed by atoms with E-state index in [0.29, 0.717) is 40.9 Å². The number of hydrogen-bond donors (Lipinski definition) is 2. The Morgan fingerprint density at radius 3 is 2.47 bits per heavy atom. The number of benzene rings is 3. The highest BCUT2D eigenvalue weighted by Crippen LogP contribution is 2.39. The van der Waals surface area contributed by atoms with Gasteiger partial charge in [0.15, 0.2) is 5.58 Å². The number of primary amides is 1. The summed E-state index contributed by atoms with van der Waals surface area (Å²) in [6.45, 7) is 3.93. The summed E-state index contributed by atoms with van der Waals surface area (Å²) >= 11 is 0. The predicted octanol–water partition coefficient (Wildman–Crippen LogP) is 5.18. The lowest BCUT2D eigenvalue weighted by atomic mass is 9.88. The third-order valence-corrected chi connectivity index (χ3v) is 7.82. The summed E-state index contributed by atoms with van der Waals surface area (Å²) in [7, 11) is 0. The minimum absolute atomic E-state index is 0.0169. The fourth-order valence-corrected chi connectivity index (χ4v) is 5.83. The van der Waals surface area contributed by atoms with Crippen molar-refractivity contribution < 1.29 is 22.8 Å². The van der Waals surface area contributed by atoms with E-state index in [0.717, 1.165) is 5.56 Å². The van der Waals surface area contributed by atoms with Crippen molar-refractivity contribution in [2.75, 3.05) is 0 Å². The third kappa shape index (κ3) is 5.47. The molecule has 1 aliphatic rings. The Morgan fingerprint density at radius 1 is 1.07 bits per heavy atom. The van der Waals surface area contributed by atoms with E-state index < -0.39 is 29.4 Å². The zero-order valence-corrected chi connectivity index (χ0v) is 24.4. The maximum atomic E-state index is 14.2. The molecule has 0 radical (unpaired) electrons. The number of amides is 2. The van der Waals surface area contributed by atoms with E-state index in [4.69, 9.17) is 20.4 Å². The number of pyridine rings is 1. The summed E-state index contributed by atoms with van der Waals surface area (Å²) < 4.78 is 34.7. The number of oxazole rings is 1. The number of hydrogen-bond acceptors (Lipinski definition) is 6. The molecule has 226 valence electrons. The number of rotatable bonds is 8. The van der Waals surface area contributed by atoms with Crippen LogP contribution in [0.15, 0.2) is 69.9 Å². The van der Waals surface area contributed by atoms with Crippen LogP contribution in [-0.4, -0.2) is 21.4 Å². The van der Waals surface area contributed by atoms with Crippen LogP contribution < -0.4 is 16.8 Å². The van der Waals surface area contributed by atoms with E-state index >= 15 is 0 Å². The molecule has 5 aromatic rings. The van der Waals surface area contributed by atoms with Crippen LogP contribution in [0.3, 0.4) is 0 Å². The summed E-state index contributed by atoms with van der Waals surface area (Å²) in [6, 6.07) is 16.1. The number of nitrogens with zero attached hydrogens (tertiary/aromatic N) is 3. The fraction of sp³-hybridized carbons (Fsp3) is 0.206. The van der Waals surface area contributed by atoms with Crippen molar-refractivity contribution in [1.29, 1.82) is 5.26 Å². The van der Waals surface area contributed by atoms with Gasteiger partial charge in [-0.05, 0) is 71.8 Å². The highest BCUT2D eigenvalue weighted by Gasteiger charge is 2.37. The van der Waals surface area contributed by atoms with Crippen molar-refractivity contribution in [3.8, 4) is 17.2 Å². The van der Waals surface area contributed by atoms with Crippen LogP contribution in [0, 0.1) is 28.9 Å². The Kier molecular flexibility index (Phi) is 7.50. The molecule has 1 aliphatic heterocycles. The quantitative estimate of drug-likeness (QED) is 0.249. The summed E-state index contributed by atoms with van der Waals surface area (Å²) in [5, 5.41) is 12.0. The molecule has 3 aromatic carbocycles. The molecule has 9 nitrogen and oxygen atoms in total. The average Bonchev–Trinajstić information content (AvgIpc) is 3.47. The van der Waals surface area contributed by atoms with E-state index in [9.17, 15) is 23.2 Å². The van der Waals surface area contributed by atoms with Gasteiger partial charge in [0.1, 0.15) is 17.7 Å².